The molecule has 1 spiro atoms. The van der Waals surface area contributed by atoms with E-state index in [2.05, 4.69) is 15.5 Å². The SMILES string of the molecule is O=C(O)c1ccc2nc(CN3CCC(c4cccc5c4OC(c4ccc(Cl)cc4F)CO5)CC3)n(CC3CC4(CCOCC4)CO3)c2c1. The minimum absolute atomic E-state index is 0.0371. The van der Waals surface area contributed by atoms with Crippen LogP contribution in [0, 0.1) is 11.2 Å². The molecule has 4 aromatic rings. The van der Waals surface area contributed by atoms with Crippen molar-refractivity contribution >= 4 is 28.6 Å². The number of carbonyl (C=O) groups is 1. The monoisotopic (exact) mass is 675 g/mol. The van der Waals surface area contributed by atoms with Crippen molar-refractivity contribution in [1.29, 1.82) is 0 Å². The fourth-order valence-corrected chi connectivity index (χ4v) is 8.11. The molecular weight excluding hydrogens is 637 g/mol. The fourth-order valence-electron chi connectivity index (χ4n) is 7.95. The van der Waals surface area contributed by atoms with Crippen molar-refractivity contribution in [2.45, 2.75) is 63.3 Å². The number of ether oxygens (including phenoxy) is 4. The molecule has 0 aliphatic carbocycles. The van der Waals surface area contributed by atoms with Gasteiger partial charge < -0.3 is 28.6 Å². The number of fused-ring (bicyclic) bond motifs is 2. The maximum atomic E-state index is 14.8. The summed E-state index contributed by atoms with van der Waals surface area (Å²) >= 11 is 5.99. The molecule has 0 radical (unpaired) electrons. The second-order valence-corrected chi connectivity index (χ2v) is 14.1. The summed E-state index contributed by atoms with van der Waals surface area (Å²) in [5.74, 6) is 1.20. The average Bonchev–Trinajstić information content (AvgIpc) is 3.64. The largest absolute Gasteiger partial charge is 0.485 e. The smallest absolute Gasteiger partial charge is 0.335 e. The number of aromatic nitrogens is 2. The van der Waals surface area contributed by atoms with Crippen LogP contribution >= 0.6 is 11.6 Å². The van der Waals surface area contributed by atoms with Gasteiger partial charge >= 0.3 is 5.97 Å². The highest BCUT2D eigenvalue weighted by Crippen LogP contribution is 2.45. The Balaban J connectivity index is 0.988. The lowest BCUT2D eigenvalue weighted by molar-refractivity contribution is 0.00646. The molecule has 2 unspecified atom stereocenters. The van der Waals surface area contributed by atoms with Crippen LogP contribution in [0.1, 0.15) is 71.4 Å². The molecule has 48 heavy (non-hydrogen) atoms. The number of benzene rings is 3. The van der Waals surface area contributed by atoms with Crippen molar-refractivity contribution in [2.75, 3.05) is 39.5 Å². The van der Waals surface area contributed by atoms with Crippen molar-refractivity contribution in [3.63, 3.8) is 0 Å². The van der Waals surface area contributed by atoms with E-state index in [1.807, 2.05) is 18.2 Å². The Bertz CT molecular complexity index is 1830. The van der Waals surface area contributed by atoms with Crippen molar-refractivity contribution in [1.82, 2.24) is 14.5 Å². The predicted octanol–water partition coefficient (Wildman–Crippen LogP) is 7.00. The van der Waals surface area contributed by atoms with Gasteiger partial charge in [0.15, 0.2) is 17.6 Å². The Kier molecular flexibility index (Phi) is 8.53. The van der Waals surface area contributed by atoms with Gasteiger partial charge in [-0.2, -0.15) is 0 Å². The second-order valence-electron chi connectivity index (χ2n) is 13.7. The molecule has 5 heterocycles. The fraction of sp³-hybridized carbons (Fsp3) is 0.459. The van der Waals surface area contributed by atoms with Gasteiger partial charge in [0.25, 0.3) is 0 Å². The first-order valence-electron chi connectivity index (χ1n) is 16.9. The minimum Gasteiger partial charge on any atom is -0.485 e. The maximum Gasteiger partial charge on any atom is 0.335 e. The molecule has 3 fully saturated rings. The third-order valence-corrected chi connectivity index (χ3v) is 10.9. The molecule has 3 aromatic carbocycles. The minimum atomic E-state index is -0.950. The molecule has 11 heteroatoms. The van der Waals surface area contributed by atoms with Gasteiger partial charge in [-0.05, 0) is 87.5 Å². The highest BCUT2D eigenvalue weighted by Gasteiger charge is 2.42. The summed E-state index contributed by atoms with van der Waals surface area (Å²) in [5, 5.41) is 10.1. The number of para-hydroxylation sites is 1. The van der Waals surface area contributed by atoms with E-state index in [4.69, 9.17) is 35.5 Å². The molecule has 8 rings (SSSR count). The topological polar surface area (TPSA) is 95.3 Å². The molecule has 1 N–H and O–H groups in total. The number of carboxylic acids is 1. The lowest BCUT2D eigenvalue weighted by atomic mass is 9.78. The van der Waals surface area contributed by atoms with Crippen LogP contribution in [0.25, 0.3) is 11.0 Å². The highest BCUT2D eigenvalue weighted by atomic mass is 35.5. The lowest BCUT2D eigenvalue weighted by Gasteiger charge is -2.35. The number of carboxylic acid groups (broad SMARTS) is 1. The number of imidazole rings is 1. The van der Waals surface area contributed by atoms with Gasteiger partial charge in [-0.3, -0.25) is 4.90 Å². The number of aromatic carboxylic acids is 1. The van der Waals surface area contributed by atoms with E-state index < -0.39 is 17.9 Å². The average molecular weight is 676 g/mol. The lowest BCUT2D eigenvalue weighted by Crippen LogP contribution is -2.34. The second kappa shape index (κ2) is 13.0. The number of piperidine rings is 1. The first kappa shape index (κ1) is 31.6. The van der Waals surface area contributed by atoms with Crippen LogP contribution in [0.2, 0.25) is 5.02 Å². The van der Waals surface area contributed by atoms with Crippen molar-refractivity contribution in [3.05, 3.63) is 88.0 Å². The normalized spacial score (nSPS) is 22.8. The molecule has 0 amide bonds. The van der Waals surface area contributed by atoms with E-state index in [1.54, 1.807) is 24.3 Å². The summed E-state index contributed by atoms with van der Waals surface area (Å²) < 4.78 is 41.4. The molecule has 0 saturated carbocycles. The van der Waals surface area contributed by atoms with Crippen LogP contribution < -0.4 is 9.47 Å². The van der Waals surface area contributed by atoms with Gasteiger partial charge in [0.05, 0.1) is 42.4 Å². The highest BCUT2D eigenvalue weighted by molar-refractivity contribution is 6.30. The number of rotatable bonds is 7. The zero-order valence-electron chi connectivity index (χ0n) is 26.7. The molecule has 252 valence electrons. The number of nitrogens with zero attached hydrogens (tertiary/aromatic N) is 3. The van der Waals surface area contributed by atoms with Crippen LogP contribution in [-0.2, 0) is 22.6 Å². The van der Waals surface area contributed by atoms with Crippen molar-refractivity contribution in [3.8, 4) is 11.5 Å². The van der Waals surface area contributed by atoms with Crippen LogP contribution in [-0.4, -0.2) is 71.1 Å². The number of halogens is 2. The van der Waals surface area contributed by atoms with E-state index in [9.17, 15) is 14.3 Å². The molecule has 1 aromatic heterocycles. The van der Waals surface area contributed by atoms with E-state index in [0.717, 1.165) is 87.4 Å². The maximum absolute atomic E-state index is 14.8. The zero-order valence-corrected chi connectivity index (χ0v) is 27.5. The van der Waals surface area contributed by atoms with E-state index in [0.29, 0.717) is 35.2 Å². The van der Waals surface area contributed by atoms with Crippen LogP contribution in [0.5, 0.6) is 11.5 Å². The molecule has 3 saturated heterocycles. The van der Waals surface area contributed by atoms with Gasteiger partial charge in [0.2, 0.25) is 0 Å². The molecule has 0 bridgehead atoms. The summed E-state index contributed by atoms with van der Waals surface area (Å²) in [6.07, 6.45) is 4.31. The summed E-state index contributed by atoms with van der Waals surface area (Å²) in [5.41, 5.74) is 3.56. The third-order valence-electron chi connectivity index (χ3n) is 10.7. The molecular formula is C37H39ClFN3O6. The van der Waals surface area contributed by atoms with Gasteiger partial charge in [-0.25, -0.2) is 14.2 Å². The first-order valence-corrected chi connectivity index (χ1v) is 17.2. The Morgan fingerprint density at radius 2 is 1.90 bits per heavy atom. The van der Waals surface area contributed by atoms with Crippen LogP contribution in [0.3, 0.4) is 0 Å². The van der Waals surface area contributed by atoms with Gasteiger partial charge in [0.1, 0.15) is 18.2 Å². The molecule has 9 nitrogen and oxygen atoms in total. The van der Waals surface area contributed by atoms with Gasteiger partial charge in [-0.15, -0.1) is 0 Å². The predicted molar refractivity (Wildman–Crippen MR) is 178 cm³/mol. The standard InChI is InChI=1S/C37H39ClFN3O6/c38-25-5-6-28(29(39)17-25)33-21-46-32-3-1-2-27(35(32)48-33)23-8-12-41(13-9-23)20-34-40-30-7-4-24(36(43)44)16-31(30)42(34)19-26-18-37(22-47-26)10-14-45-15-11-37/h1-7,16-17,23,26,33H,8-15,18-22H2,(H,43,44). The Morgan fingerprint density at radius 3 is 2.69 bits per heavy atom. The number of likely N-dealkylation sites (tertiary alicyclic amines) is 1. The first-order chi connectivity index (χ1) is 23.3. The summed E-state index contributed by atoms with van der Waals surface area (Å²) in [6.45, 7) is 5.53. The van der Waals surface area contributed by atoms with Crippen molar-refractivity contribution in [2.24, 2.45) is 5.41 Å². The van der Waals surface area contributed by atoms with Crippen LogP contribution in [0.4, 0.5) is 4.39 Å². The Hall–Kier alpha value is -3.70. The molecule has 4 aliphatic rings. The summed E-state index contributed by atoms with van der Waals surface area (Å²) in [7, 11) is 0. The quantitative estimate of drug-likeness (QED) is 0.224. The molecule has 2 atom stereocenters. The van der Waals surface area contributed by atoms with E-state index >= 15 is 0 Å². The molecule has 4 aliphatic heterocycles. The summed E-state index contributed by atoms with van der Waals surface area (Å²) in [6, 6.07) is 15.8. The van der Waals surface area contributed by atoms with E-state index in [-0.39, 0.29) is 29.6 Å². The Morgan fingerprint density at radius 1 is 1.06 bits per heavy atom. The number of hydrogen-bond donors (Lipinski definition) is 1. The number of hydrogen-bond acceptors (Lipinski definition) is 7. The van der Waals surface area contributed by atoms with E-state index in [1.165, 1.54) is 6.07 Å². The van der Waals surface area contributed by atoms with Gasteiger partial charge in [0, 0.05) is 34.8 Å². The Labute approximate surface area is 283 Å². The summed E-state index contributed by atoms with van der Waals surface area (Å²) in [4.78, 5) is 19.3. The zero-order chi connectivity index (χ0) is 32.8. The van der Waals surface area contributed by atoms with Crippen molar-refractivity contribution < 1.29 is 33.2 Å². The van der Waals surface area contributed by atoms with Gasteiger partial charge in [-0.1, -0.05) is 29.8 Å². The van der Waals surface area contributed by atoms with Crippen LogP contribution in [0.15, 0.2) is 54.6 Å². The third kappa shape index (κ3) is 6.15.